The third kappa shape index (κ3) is 2.75. The maximum absolute atomic E-state index is 13.6. The number of carbonyl (C=O) groups excluding carboxylic acids is 1. The van der Waals surface area contributed by atoms with Crippen LogP contribution in [0.3, 0.4) is 0 Å². The summed E-state index contributed by atoms with van der Waals surface area (Å²) in [6, 6.07) is 4.93. The molecule has 0 saturated carbocycles. The van der Waals surface area contributed by atoms with E-state index < -0.39 is 0 Å². The topological polar surface area (TPSA) is 49.8 Å². The zero-order valence-electron chi connectivity index (χ0n) is 12.8. The van der Waals surface area contributed by atoms with Gasteiger partial charge in [0.05, 0.1) is 19.6 Å². The fraction of sp³-hybridized carbons (Fsp3) is 0.588. The van der Waals surface area contributed by atoms with Gasteiger partial charge in [0.2, 0.25) is 5.91 Å². The van der Waals surface area contributed by atoms with Crippen LogP contribution < -0.4 is 0 Å². The molecule has 0 aliphatic carbocycles. The number of aliphatic hydroxyl groups is 1. The van der Waals surface area contributed by atoms with Crippen LogP contribution in [-0.2, 0) is 16.0 Å². The van der Waals surface area contributed by atoms with E-state index in [0.717, 1.165) is 6.42 Å². The Labute approximate surface area is 129 Å². The van der Waals surface area contributed by atoms with Gasteiger partial charge in [-0.15, -0.1) is 0 Å². The molecule has 0 radical (unpaired) electrons. The maximum Gasteiger partial charge on any atom is 0.227 e. The average molecular weight is 307 g/mol. The second kappa shape index (κ2) is 5.97. The molecule has 2 fully saturated rings. The Bertz CT molecular complexity index is 577. The van der Waals surface area contributed by atoms with Crippen LogP contribution in [-0.4, -0.2) is 48.8 Å². The normalized spacial score (nSPS) is 27.8. The Hall–Kier alpha value is -1.46. The zero-order valence-corrected chi connectivity index (χ0v) is 12.8. The molecule has 0 spiro atoms. The molecule has 5 heteroatoms. The summed E-state index contributed by atoms with van der Waals surface area (Å²) in [5, 5.41) is 9.74. The highest BCUT2D eigenvalue weighted by atomic mass is 19.1. The Morgan fingerprint density at radius 1 is 1.55 bits per heavy atom. The number of hydrogen-bond donors (Lipinski definition) is 1. The summed E-state index contributed by atoms with van der Waals surface area (Å²) in [5.74, 6) is 0.0102. The highest BCUT2D eigenvalue weighted by Gasteiger charge is 2.49. The molecule has 0 bridgehead atoms. The van der Waals surface area contributed by atoms with Crippen molar-refractivity contribution in [2.24, 2.45) is 11.3 Å². The number of hydrogen-bond acceptors (Lipinski definition) is 3. The van der Waals surface area contributed by atoms with Gasteiger partial charge < -0.3 is 14.7 Å². The Kier molecular flexibility index (Phi) is 4.19. The van der Waals surface area contributed by atoms with E-state index >= 15 is 0 Å². The molecule has 22 heavy (non-hydrogen) atoms. The Morgan fingerprint density at radius 3 is 3.05 bits per heavy atom. The largest absolute Gasteiger partial charge is 0.396 e. The third-order valence-electron chi connectivity index (χ3n) is 5.07. The average Bonchev–Trinajstić information content (AvgIpc) is 2.91. The van der Waals surface area contributed by atoms with Crippen LogP contribution in [0.4, 0.5) is 4.39 Å². The van der Waals surface area contributed by atoms with Crippen molar-refractivity contribution >= 4 is 5.91 Å². The van der Waals surface area contributed by atoms with Crippen molar-refractivity contribution in [2.75, 3.05) is 32.9 Å². The van der Waals surface area contributed by atoms with Crippen molar-refractivity contribution < 1.29 is 19.0 Å². The summed E-state index contributed by atoms with van der Waals surface area (Å²) >= 11 is 0. The van der Waals surface area contributed by atoms with E-state index in [1.807, 2.05) is 0 Å². The monoisotopic (exact) mass is 307 g/mol. The van der Waals surface area contributed by atoms with E-state index in [1.54, 1.807) is 24.0 Å². The van der Waals surface area contributed by atoms with Gasteiger partial charge in [-0.25, -0.2) is 4.39 Å². The van der Waals surface area contributed by atoms with Crippen LogP contribution in [0.25, 0.3) is 0 Å². The van der Waals surface area contributed by atoms with E-state index in [-0.39, 0.29) is 30.2 Å². The molecule has 120 valence electrons. The molecule has 2 aliphatic rings. The molecule has 2 aliphatic heterocycles. The van der Waals surface area contributed by atoms with Crippen molar-refractivity contribution in [1.82, 2.24) is 4.90 Å². The molecule has 3 rings (SSSR count). The minimum Gasteiger partial charge on any atom is -0.396 e. The number of nitrogens with zero attached hydrogens (tertiary/aromatic N) is 1. The number of likely N-dealkylation sites (tertiary alicyclic amines) is 1. The number of halogens is 1. The summed E-state index contributed by atoms with van der Waals surface area (Å²) in [7, 11) is 0. The minimum atomic E-state index is -0.313. The van der Waals surface area contributed by atoms with Gasteiger partial charge in [-0.05, 0) is 36.5 Å². The van der Waals surface area contributed by atoms with Gasteiger partial charge in [0, 0.05) is 25.1 Å². The molecule has 0 unspecified atom stereocenters. The van der Waals surface area contributed by atoms with Gasteiger partial charge in [-0.3, -0.25) is 4.79 Å². The number of fused-ring (bicyclic) bond motifs is 1. The molecule has 2 heterocycles. The summed E-state index contributed by atoms with van der Waals surface area (Å²) in [6.07, 6.45) is 1.08. The van der Waals surface area contributed by atoms with E-state index in [2.05, 4.69) is 0 Å². The number of carbonyl (C=O) groups is 1. The molecule has 2 saturated heterocycles. The van der Waals surface area contributed by atoms with Gasteiger partial charge in [0.1, 0.15) is 5.82 Å². The fourth-order valence-corrected chi connectivity index (χ4v) is 3.54. The molecule has 1 N–H and O–H groups in total. The lowest BCUT2D eigenvalue weighted by Gasteiger charge is -2.36. The molecule has 1 amide bonds. The van der Waals surface area contributed by atoms with Gasteiger partial charge in [-0.1, -0.05) is 12.1 Å². The van der Waals surface area contributed by atoms with E-state index in [9.17, 15) is 14.3 Å². The van der Waals surface area contributed by atoms with Gasteiger partial charge in [0.15, 0.2) is 0 Å². The van der Waals surface area contributed by atoms with Crippen LogP contribution in [0.1, 0.15) is 17.5 Å². The first-order valence-electron chi connectivity index (χ1n) is 7.75. The number of aryl methyl sites for hydroxylation is 1. The number of rotatable bonds is 3. The van der Waals surface area contributed by atoms with Gasteiger partial charge in [0.25, 0.3) is 0 Å². The lowest BCUT2D eigenvalue weighted by atomic mass is 9.76. The van der Waals surface area contributed by atoms with E-state index in [0.29, 0.717) is 43.3 Å². The first-order chi connectivity index (χ1) is 10.5. The molecule has 4 nitrogen and oxygen atoms in total. The highest BCUT2D eigenvalue weighted by molar-refractivity contribution is 5.79. The van der Waals surface area contributed by atoms with Crippen LogP contribution in [0.5, 0.6) is 0 Å². The lowest BCUT2D eigenvalue weighted by molar-refractivity contribution is -0.130. The van der Waals surface area contributed by atoms with Crippen molar-refractivity contribution in [1.29, 1.82) is 0 Å². The summed E-state index contributed by atoms with van der Waals surface area (Å²) < 4.78 is 19.1. The highest BCUT2D eigenvalue weighted by Crippen LogP contribution is 2.41. The number of ether oxygens (including phenoxy) is 1. The third-order valence-corrected chi connectivity index (χ3v) is 5.07. The summed E-state index contributed by atoms with van der Waals surface area (Å²) in [6.45, 7) is 4.14. The summed E-state index contributed by atoms with van der Waals surface area (Å²) in [5.41, 5.74) is 0.962. The second-order valence-corrected chi connectivity index (χ2v) is 6.59. The maximum atomic E-state index is 13.6. The smallest absolute Gasteiger partial charge is 0.227 e. The van der Waals surface area contributed by atoms with Crippen molar-refractivity contribution in [2.45, 2.75) is 19.8 Å². The van der Waals surface area contributed by atoms with E-state index in [1.165, 1.54) is 6.07 Å². The quantitative estimate of drug-likeness (QED) is 0.921. The fourth-order valence-electron chi connectivity index (χ4n) is 3.54. The molecule has 1 aromatic carbocycles. The van der Waals surface area contributed by atoms with E-state index in [4.69, 9.17) is 4.74 Å². The zero-order chi connectivity index (χ0) is 15.7. The molecule has 2 atom stereocenters. The first kappa shape index (κ1) is 15.4. The number of amides is 1. The molecule has 0 aromatic heterocycles. The van der Waals surface area contributed by atoms with Gasteiger partial charge >= 0.3 is 0 Å². The Balaban J connectivity index is 1.69. The van der Waals surface area contributed by atoms with Gasteiger partial charge in [-0.2, -0.15) is 0 Å². The first-order valence-corrected chi connectivity index (χ1v) is 7.75. The Morgan fingerprint density at radius 2 is 2.36 bits per heavy atom. The molecular formula is C17H22FNO3. The minimum absolute atomic E-state index is 0.00882. The van der Waals surface area contributed by atoms with Crippen molar-refractivity contribution in [3.8, 4) is 0 Å². The SMILES string of the molecule is Cc1ccc(CC(=O)N2C[C@@H]3CCOC[C@]3(CO)C2)cc1F. The lowest BCUT2D eigenvalue weighted by Crippen LogP contribution is -2.43. The van der Waals surface area contributed by atoms with Crippen molar-refractivity contribution in [3.05, 3.63) is 35.1 Å². The van der Waals surface area contributed by atoms with Crippen LogP contribution in [0, 0.1) is 24.1 Å². The van der Waals surface area contributed by atoms with Crippen molar-refractivity contribution in [3.63, 3.8) is 0 Å². The predicted octanol–water partition coefficient (Wildman–Crippen LogP) is 1.53. The standard InChI is InChI=1S/C17H22FNO3/c1-12-2-3-13(6-15(12)18)7-16(21)19-8-14-4-5-22-11-17(14,9-19)10-20/h2-3,6,14,20H,4-5,7-11H2,1H3/t14-,17+/m0/s1. The second-order valence-electron chi connectivity index (χ2n) is 6.59. The summed E-state index contributed by atoms with van der Waals surface area (Å²) in [4.78, 5) is 14.3. The molecular weight excluding hydrogens is 285 g/mol. The number of benzene rings is 1. The van der Waals surface area contributed by atoms with Crippen LogP contribution >= 0.6 is 0 Å². The van der Waals surface area contributed by atoms with Crippen LogP contribution in [0.2, 0.25) is 0 Å². The number of aliphatic hydroxyl groups excluding tert-OH is 1. The molecule has 1 aromatic rings. The van der Waals surface area contributed by atoms with Crippen LogP contribution in [0.15, 0.2) is 18.2 Å². The predicted molar refractivity (Wildman–Crippen MR) is 79.9 cm³/mol.